The van der Waals surface area contributed by atoms with Gasteiger partial charge in [-0.25, -0.2) is 9.78 Å². The van der Waals surface area contributed by atoms with Crippen LogP contribution >= 0.6 is 11.3 Å². The number of rotatable bonds is 7. The molecule has 0 aliphatic rings. The maximum Gasteiger partial charge on any atom is 0.358 e. The number of esters is 1. The summed E-state index contributed by atoms with van der Waals surface area (Å²) in [6.07, 6.45) is 0. The topological polar surface area (TPSA) is 77.5 Å². The smallest absolute Gasteiger partial charge is 0.358 e. The number of nitrogens with zero attached hydrogens (tertiary/aromatic N) is 1. The van der Waals surface area contributed by atoms with Gasteiger partial charge < -0.3 is 14.8 Å². The average molecular weight is 396 g/mol. The maximum atomic E-state index is 12.1. The molecule has 0 fully saturated rings. The molecule has 2 aromatic carbocycles. The summed E-state index contributed by atoms with van der Waals surface area (Å²) in [6.45, 7) is 2.02. The minimum absolute atomic E-state index is 0.183. The monoisotopic (exact) mass is 396 g/mol. The molecule has 7 heteroatoms. The predicted molar refractivity (Wildman–Crippen MR) is 107 cm³/mol. The van der Waals surface area contributed by atoms with Crippen molar-refractivity contribution >= 4 is 23.2 Å². The molecule has 0 atom stereocenters. The summed E-state index contributed by atoms with van der Waals surface area (Å²) in [4.78, 5) is 28.4. The summed E-state index contributed by atoms with van der Waals surface area (Å²) in [7, 11) is 1.60. The molecule has 0 aliphatic heterocycles. The van der Waals surface area contributed by atoms with Gasteiger partial charge in [0.2, 0.25) is 0 Å². The van der Waals surface area contributed by atoms with E-state index in [-0.39, 0.29) is 18.2 Å². The molecule has 1 amide bonds. The molecule has 0 bridgehead atoms. The van der Waals surface area contributed by atoms with Crippen LogP contribution in [-0.2, 0) is 16.1 Å². The molecule has 1 N–H and O–H groups in total. The van der Waals surface area contributed by atoms with Crippen molar-refractivity contribution in [3.63, 3.8) is 0 Å². The largest absolute Gasteiger partial charge is 0.497 e. The Morgan fingerprint density at radius 3 is 2.57 bits per heavy atom. The van der Waals surface area contributed by atoms with Gasteiger partial charge in [-0.1, -0.05) is 24.3 Å². The van der Waals surface area contributed by atoms with Gasteiger partial charge in [0.1, 0.15) is 10.8 Å². The number of thiazole rings is 1. The number of carbonyl (C=O) groups excluding carboxylic acids is 2. The van der Waals surface area contributed by atoms with Crippen LogP contribution in [0, 0.1) is 6.92 Å². The van der Waals surface area contributed by atoms with Gasteiger partial charge in [0.15, 0.2) is 12.3 Å². The second-order valence-corrected chi connectivity index (χ2v) is 6.90. The number of aromatic nitrogens is 1. The highest BCUT2D eigenvalue weighted by Crippen LogP contribution is 2.25. The molecule has 0 saturated carbocycles. The quantitative estimate of drug-likeness (QED) is 0.618. The van der Waals surface area contributed by atoms with Gasteiger partial charge in [-0.05, 0) is 42.3 Å². The van der Waals surface area contributed by atoms with Crippen molar-refractivity contribution < 1.29 is 19.1 Å². The SMILES string of the molecule is COc1ccc(-c2nc(C(=O)OCC(=O)NCc3ccccc3C)cs2)cc1. The fourth-order valence-corrected chi connectivity index (χ4v) is 3.29. The third kappa shape index (κ3) is 4.95. The molecule has 0 radical (unpaired) electrons. The first-order valence-electron chi connectivity index (χ1n) is 8.65. The zero-order chi connectivity index (χ0) is 19.9. The molecular weight excluding hydrogens is 376 g/mol. The average Bonchev–Trinajstić information content (AvgIpc) is 3.22. The number of ether oxygens (including phenoxy) is 2. The Hall–Kier alpha value is -3.19. The van der Waals surface area contributed by atoms with Gasteiger partial charge in [0.05, 0.1) is 7.11 Å². The van der Waals surface area contributed by atoms with E-state index in [1.165, 1.54) is 11.3 Å². The Labute approximate surface area is 167 Å². The fraction of sp³-hybridized carbons (Fsp3) is 0.190. The summed E-state index contributed by atoms with van der Waals surface area (Å²) >= 11 is 1.33. The van der Waals surface area contributed by atoms with E-state index in [1.807, 2.05) is 55.5 Å². The van der Waals surface area contributed by atoms with E-state index in [0.717, 1.165) is 22.4 Å². The second-order valence-electron chi connectivity index (χ2n) is 6.05. The lowest BCUT2D eigenvalue weighted by Gasteiger charge is -2.08. The van der Waals surface area contributed by atoms with E-state index >= 15 is 0 Å². The van der Waals surface area contributed by atoms with Crippen LogP contribution in [0.15, 0.2) is 53.9 Å². The standard InChI is InChI=1S/C21H20N2O4S/c1-14-5-3-4-6-16(14)11-22-19(24)12-27-21(25)18-13-28-20(23-18)15-7-9-17(26-2)10-8-15/h3-10,13H,11-12H2,1-2H3,(H,22,24). The van der Waals surface area contributed by atoms with Crippen LogP contribution < -0.4 is 10.1 Å². The van der Waals surface area contributed by atoms with Crippen molar-refractivity contribution in [2.75, 3.05) is 13.7 Å². The van der Waals surface area contributed by atoms with E-state index in [4.69, 9.17) is 9.47 Å². The number of hydrogen-bond acceptors (Lipinski definition) is 6. The highest BCUT2D eigenvalue weighted by atomic mass is 32.1. The molecule has 3 rings (SSSR count). The summed E-state index contributed by atoms with van der Waals surface area (Å²) in [5, 5.41) is 5.05. The van der Waals surface area contributed by atoms with Crippen molar-refractivity contribution in [2.24, 2.45) is 0 Å². The van der Waals surface area contributed by atoms with Gasteiger partial charge in [0.25, 0.3) is 5.91 Å². The second kappa shape index (κ2) is 9.14. The Kier molecular flexibility index (Phi) is 6.39. The number of nitrogens with one attached hydrogen (secondary N) is 1. The highest BCUT2D eigenvalue weighted by molar-refractivity contribution is 7.13. The van der Waals surface area contributed by atoms with E-state index in [1.54, 1.807) is 12.5 Å². The highest BCUT2D eigenvalue weighted by Gasteiger charge is 2.15. The molecule has 3 aromatic rings. The van der Waals surface area contributed by atoms with Crippen molar-refractivity contribution in [1.82, 2.24) is 10.3 Å². The van der Waals surface area contributed by atoms with Crippen molar-refractivity contribution in [1.29, 1.82) is 0 Å². The van der Waals surface area contributed by atoms with Crippen LogP contribution in [0.2, 0.25) is 0 Å². The molecular formula is C21H20N2O4S. The zero-order valence-corrected chi connectivity index (χ0v) is 16.4. The van der Waals surface area contributed by atoms with Gasteiger partial charge in [-0.2, -0.15) is 0 Å². The molecule has 144 valence electrons. The van der Waals surface area contributed by atoms with Gasteiger partial charge in [-0.3, -0.25) is 4.79 Å². The molecule has 28 heavy (non-hydrogen) atoms. The van der Waals surface area contributed by atoms with Crippen LogP contribution in [-0.4, -0.2) is 30.6 Å². The maximum absolute atomic E-state index is 12.1. The van der Waals surface area contributed by atoms with Gasteiger partial charge in [0, 0.05) is 17.5 Å². The first-order chi connectivity index (χ1) is 13.6. The fourth-order valence-electron chi connectivity index (χ4n) is 2.49. The molecule has 0 spiro atoms. The van der Waals surface area contributed by atoms with E-state index in [0.29, 0.717) is 11.6 Å². The van der Waals surface area contributed by atoms with Gasteiger partial charge >= 0.3 is 5.97 Å². The van der Waals surface area contributed by atoms with E-state index in [2.05, 4.69) is 10.3 Å². The molecule has 0 aliphatic carbocycles. The summed E-state index contributed by atoms with van der Waals surface area (Å²) < 4.78 is 10.2. The lowest BCUT2D eigenvalue weighted by Crippen LogP contribution is -2.28. The molecule has 0 saturated heterocycles. The Bertz CT molecular complexity index is 967. The van der Waals surface area contributed by atoms with Crippen LogP contribution in [0.1, 0.15) is 21.6 Å². The number of benzene rings is 2. The number of hydrogen-bond donors (Lipinski definition) is 1. The molecule has 6 nitrogen and oxygen atoms in total. The van der Waals surface area contributed by atoms with E-state index in [9.17, 15) is 9.59 Å². The van der Waals surface area contributed by atoms with E-state index < -0.39 is 5.97 Å². The summed E-state index contributed by atoms with van der Waals surface area (Å²) in [6, 6.07) is 15.2. The number of amides is 1. The normalized spacial score (nSPS) is 10.4. The predicted octanol–water partition coefficient (Wildman–Crippen LogP) is 3.60. The number of aryl methyl sites for hydroxylation is 1. The minimum atomic E-state index is -0.623. The summed E-state index contributed by atoms with van der Waals surface area (Å²) in [5.74, 6) is -0.235. The molecule has 1 heterocycles. The van der Waals surface area contributed by atoms with Crippen molar-refractivity contribution in [3.8, 4) is 16.3 Å². The Balaban J connectivity index is 1.51. The Morgan fingerprint density at radius 2 is 1.86 bits per heavy atom. The van der Waals surface area contributed by atoms with Crippen LogP contribution in [0.4, 0.5) is 0 Å². The molecule has 0 unspecified atom stereocenters. The van der Waals surface area contributed by atoms with Crippen LogP contribution in [0.5, 0.6) is 5.75 Å². The Morgan fingerprint density at radius 1 is 1.11 bits per heavy atom. The lowest BCUT2D eigenvalue weighted by atomic mass is 10.1. The number of carbonyl (C=O) groups is 2. The van der Waals surface area contributed by atoms with Crippen LogP contribution in [0.3, 0.4) is 0 Å². The number of methoxy groups -OCH3 is 1. The summed E-state index contributed by atoms with van der Waals surface area (Å²) in [5.41, 5.74) is 3.17. The minimum Gasteiger partial charge on any atom is -0.497 e. The third-order valence-electron chi connectivity index (χ3n) is 4.12. The third-order valence-corrected chi connectivity index (χ3v) is 5.01. The first kappa shape index (κ1) is 19.6. The zero-order valence-electron chi connectivity index (χ0n) is 15.6. The van der Waals surface area contributed by atoms with Crippen molar-refractivity contribution in [3.05, 3.63) is 70.7 Å². The first-order valence-corrected chi connectivity index (χ1v) is 9.53. The van der Waals surface area contributed by atoms with Crippen molar-refractivity contribution in [2.45, 2.75) is 13.5 Å². The molecule has 1 aromatic heterocycles. The lowest BCUT2D eigenvalue weighted by molar-refractivity contribution is -0.124. The van der Waals surface area contributed by atoms with Gasteiger partial charge in [-0.15, -0.1) is 11.3 Å². The van der Waals surface area contributed by atoms with Crippen LogP contribution in [0.25, 0.3) is 10.6 Å².